The zero-order valence-electron chi connectivity index (χ0n) is 11.3. The number of nitrogens with zero attached hydrogens (tertiary/aromatic N) is 1. The van der Waals surface area contributed by atoms with Crippen LogP contribution in [-0.2, 0) is 9.59 Å². The Kier molecular flexibility index (Phi) is 3.60. The van der Waals surface area contributed by atoms with Gasteiger partial charge >= 0.3 is 0 Å². The summed E-state index contributed by atoms with van der Waals surface area (Å²) in [6.45, 7) is 1.74. The summed E-state index contributed by atoms with van der Waals surface area (Å²) >= 11 is 0. The average molecular weight is 276 g/mol. The summed E-state index contributed by atoms with van der Waals surface area (Å²) in [5.41, 5.74) is 7.27. The number of benzene rings is 1. The largest absolute Gasteiger partial charge is 0.397 e. The molecule has 1 atom stereocenters. The number of rotatable bonds is 2. The number of nitrogens with two attached hydrogens (primary N) is 1. The zero-order chi connectivity index (χ0) is 14.9. The summed E-state index contributed by atoms with van der Waals surface area (Å²) in [5.74, 6) is -0.984. The molecule has 1 aromatic carbocycles. The van der Waals surface area contributed by atoms with Gasteiger partial charge in [-0.05, 0) is 25.1 Å². The van der Waals surface area contributed by atoms with Crippen molar-refractivity contribution >= 4 is 29.1 Å². The summed E-state index contributed by atoms with van der Waals surface area (Å²) in [7, 11) is 1.53. The van der Waals surface area contributed by atoms with Crippen molar-refractivity contribution in [2.45, 2.75) is 13.0 Å². The number of piperazine rings is 1. The van der Waals surface area contributed by atoms with E-state index in [4.69, 9.17) is 5.73 Å². The number of nitrogens with one attached hydrogen (secondary N) is 2. The first-order valence-electron chi connectivity index (χ1n) is 6.16. The van der Waals surface area contributed by atoms with E-state index in [2.05, 4.69) is 10.6 Å². The number of carbonyl (C=O) groups is 3. The van der Waals surface area contributed by atoms with Crippen molar-refractivity contribution in [2.24, 2.45) is 0 Å². The van der Waals surface area contributed by atoms with Crippen molar-refractivity contribution in [3.63, 3.8) is 0 Å². The molecule has 0 aromatic heterocycles. The van der Waals surface area contributed by atoms with Gasteiger partial charge in [-0.2, -0.15) is 0 Å². The Morgan fingerprint density at radius 2 is 2.15 bits per heavy atom. The third-order valence-electron chi connectivity index (χ3n) is 3.25. The SMILES string of the molecule is CNC(=O)c1ccc(N2CC(=O)NC(=O)C2C)c(N)c1. The van der Waals surface area contributed by atoms with Crippen molar-refractivity contribution in [2.75, 3.05) is 24.2 Å². The van der Waals surface area contributed by atoms with E-state index in [1.54, 1.807) is 24.0 Å². The third kappa shape index (κ3) is 2.42. The van der Waals surface area contributed by atoms with Crippen molar-refractivity contribution in [3.8, 4) is 0 Å². The maximum atomic E-state index is 11.6. The quantitative estimate of drug-likeness (QED) is 0.498. The number of carbonyl (C=O) groups excluding carboxylic acids is 3. The molecular weight excluding hydrogens is 260 g/mol. The molecule has 7 heteroatoms. The fourth-order valence-corrected chi connectivity index (χ4v) is 2.11. The normalized spacial score (nSPS) is 18.7. The van der Waals surface area contributed by atoms with Crippen LogP contribution in [0.4, 0.5) is 11.4 Å². The van der Waals surface area contributed by atoms with Crippen LogP contribution in [0.3, 0.4) is 0 Å². The van der Waals surface area contributed by atoms with Gasteiger partial charge in [0.2, 0.25) is 11.8 Å². The highest BCUT2D eigenvalue weighted by atomic mass is 16.2. The number of anilines is 2. The summed E-state index contributed by atoms with van der Waals surface area (Å²) < 4.78 is 0. The molecule has 1 fully saturated rings. The van der Waals surface area contributed by atoms with E-state index in [1.165, 1.54) is 13.1 Å². The molecule has 20 heavy (non-hydrogen) atoms. The summed E-state index contributed by atoms with van der Waals surface area (Å²) in [6, 6.07) is 4.27. The molecule has 7 nitrogen and oxygen atoms in total. The Labute approximate surface area is 116 Å². The van der Waals surface area contributed by atoms with Gasteiger partial charge in [-0.1, -0.05) is 0 Å². The van der Waals surface area contributed by atoms with Crippen LogP contribution in [0.15, 0.2) is 18.2 Å². The van der Waals surface area contributed by atoms with Crippen LogP contribution in [0.25, 0.3) is 0 Å². The van der Waals surface area contributed by atoms with Gasteiger partial charge < -0.3 is 16.0 Å². The van der Waals surface area contributed by atoms with Gasteiger partial charge in [0.15, 0.2) is 0 Å². The van der Waals surface area contributed by atoms with E-state index < -0.39 is 6.04 Å². The molecule has 1 unspecified atom stereocenters. The molecule has 0 radical (unpaired) electrons. The number of hydrogen-bond donors (Lipinski definition) is 3. The van der Waals surface area contributed by atoms with Crippen LogP contribution >= 0.6 is 0 Å². The van der Waals surface area contributed by atoms with Crippen LogP contribution in [0.5, 0.6) is 0 Å². The molecule has 1 aliphatic rings. The van der Waals surface area contributed by atoms with Crippen LogP contribution in [0.2, 0.25) is 0 Å². The van der Waals surface area contributed by atoms with E-state index in [1.807, 2.05) is 0 Å². The maximum absolute atomic E-state index is 11.6. The zero-order valence-corrected chi connectivity index (χ0v) is 11.3. The lowest BCUT2D eigenvalue weighted by Gasteiger charge is -2.34. The second-order valence-corrected chi connectivity index (χ2v) is 4.57. The fraction of sp³-hybridized carbons (Fsp3) is 0.308. The van der Waals surface area contributed by atoms with Crippen molar-refractivity contribution < 1.29 is 14.4 Å². The fourth-order valence-electron chi connectivity index (χ4n) is 2.11. The van der Waals surface area contributed by atoms with E-state index in [0.717, 1.165) is 0 Å². The molecular formula is C13H16N4O3. The summed E-state index contributed by atoms with van der Waals surface area (Å²) in [5, 5.41) is 4.77. The lowest BCUT2D eigenvalue weighted by atomic mass is 10.1. The predicted octanol–water partition coefficient (Wildman–Crippen LogP) is -0.520. The molecule has 3 amide bonds. The predicted molar refractivity (Wildman–Crippen MR) is 74.2 cm³/mol. The minimum absolute atomic E-state index is 0.0520. The third-order valence-corrected chi connectivity index (χ3v) is 3.25. The van der Waals surface area contributed by atoms with E-state index in [9.17, 15) is 14.4 Å². The molecule has 2 rings (SSSR count). The summed E-state index contributed by atoms with van der Waals surface area (Å²) in [4.78, 5) is 36.2. The minimum Gasteiger partial charge on any atom is -0.397 e. The average Bonchev–Trinajstić information content (AvgIpc) is 2.42. The lowest BCUT2D eigenvalue weighted by Crippen LogP contribution is -2.57. The first-order chi connectivity index (χ1) is 9.43. The van der Waals surface area contributed by atoms with Crippen LogP contribution in [0.1, 0.15) is 17.3 Å². The van der Waals surface area contributed by atoms with Gasteiger partial charge in [0.05, 0.1) is 17.9 Å². The molecule has 106 valence electrons. The van der Waals surface area contributed by atoms with Crippen molar-refractivity contribution in [1.82, 2.24) is 10.6 Å². The molecule has 1 aliphatic heterocycles. The molecule has 1 heterocycles. The number of amides is 3. The second kappa shape index (κ2) is 5.20. The first kappa shape index (κ1) is 13.9. The van der Waals surface area contributed by atoms with E-state index in [0.29, 0.717) is 16.9 Å². The van der Waals surface area contributed by atoms with Crippen molar-refractivity contribution in [3.05, 3.63) is 23.8 Å². The Bertz CT molecular complexity index is 585. The van der Waals surface area contributed by atoms with Gasteiger partial charge in [-0.25, -0.2) is 0 Å². The second-order valence-electron chi connectivity index (χ2n) is 4.57. The number of nitrogen functional groups attached to an aromatic ring is 1. The van der Waals surface area contributed by atoms with Gasteiger partial charge in [0.25, 0.3) is 5.91 Å². The molecule has 0 aliphatic carbocycles. The molecule has 0 bridgehead atoms. The molecule has 0 saturated carbocycles. The Hall–Kier alpha value is -2.57. The Balaban J connectivity index is 2.35. The van der Waals surface area contributed by atoms with Gasteiger partial charge in [0.1, 0.15) is 6.04 Å². The van der Waals surface area contributed by atoms with E-state index >= 15 is 0 Å². The smallest absolute Gasteiger partial charge is 0.251 e. The summed E-state index contributed by atoms with van der Waals surface area (Å²) in [6.07, 6.45) is 0. The van der Waals surface area contributed by atoms with Crippen molar-refractivity contribution in [1.29, 1.82) is 0 Å². The Morgan fingerprint density at radius 3 is 2.75 bits per heavy atom. The monoisotopic (exact) mass is 276 g/mol. The van der Waals surface area contributed by atoms with Gasteiger partial charge in [-0.3, -0.25) is 19.7 Å². The lowest BCUT2D eigenvalue weighted by molar-refractivity contribution is -0.132. The Morgan fingerprint density at radius 1 is 1.45 bits per heavy atom. The highest BCUT2D eigenvalue weighted by Gasteiger charge is 2.31. The molecule has 4 N–H and O–H groups in total. The maximum Gasteiger partial charge on any atom is 0.251 e. The molecule has 1 aromatic rings. The van der Waals surface area contributed by atoms with Crippen LogP contribution < -0.4 is 21.3 Å². The van der Waals surface area contributed by atoms with Gasteiger partial charge in [-0.15, -0.1) is 0 Å². The van der Waals surface area contributed by atoms with E-state index in [-0.39, 0.29) is 24.3 Å². The highest BCUT2D eigenvalue weighted by molar-refractivity contribution is 6.05. The number of hydrogen-bond acceptors (Lipinski definition) is 5. The molecule has 0 spiro atoms. The minimum atomic E-state index is -0.499. The standard InChI is InChI=1S/C13H16N4O3/c1-7-12(19)16-11(18)6-17(7)10-4-3-8(5-9(10)14)13(20)15-2/h3-5,7H,6,14H2,1-2H3,(H,15,20)(H,16,18,19). The first-order valence-corrected chi connectivity index (χ1v) is 6.16. The van der Waals surface area contributed by atoms with Crippen LogP contribution in [0, 0.1) is 0 Å². The molecule has 1 saturated heterocycles. The number of imide groups is 1. The topological polar surface area (TPSA) is 105 Å². The highest BCUT2D eigenvalue weighted by Crippen LogP contribution is 2.27. The van der Waals surface area contributed by atoms with Crippen LogP contribution in [-0.4, -0.2) is 37.4 Å². The van der Waals surface area contributed by atoms with Gasteiger partial charge in [0, 0.05) is 12.6 Å².